The minimum Gasteiger partial charge on any atom is -0.368 e. The minimum atomic E-state index is -0.265. The van der Waals surface area contributed by atoms with Crippen molar-refractivity contribution in [3.05, 3.63) is 0 Å². The van der Waals surface area contributed by atoms with Crippen LogP contribution >= 0.6 is 0 Å². The van der Waals surface area contributed by atoms with E-state index in [4.69, 9.17) is 10.5 Å². The number of ether oxygens (including phenoxy) is 1. The van der Waals surface area contributed by atoms with Crippen molar-refractivity contribution in [3.63, 3.8) is 0 Å². The van der Waals surface area contributed by atoms with Gasteiger partial charge in [0.2, 0.25) is 5.91 Å². The van der Waals surface area contributed by atoms with Crippen LogP contribution in [0.4, 0.5) is 0 Å². The zero-order valence-electron chi connectivity index (χ0n) is 9.88. The van der Waals surface area contributed by atoms with Gasteiger partial charge in [0.15, 0.2) is 0 Å². The van der Waals surface area contributed by atoms with Crippen molar-refractivity contribution in [2.45, 2.75) is 33.3 Å². The molecule has 0 spiro atoms. The molecular weight excluding hydrogens is 192 g/mol. The summed E-state index contributed by atoms with van der Waals surface area (Å²) < 4.78 is 5.38. The molecule has 4 nitrogen and oxygen atoms in total. The largest absolute Gasteiger partial charge is 0.368 e. The van der Waals surface area contributed by atoms with Crippen molar-refractivity contribution in [3.8, 4) is 0 Å². The molecule has 0 radical (unpaired) electrons. The summed E-state index contributed by atoms with van der Waals surface area (Å²) in [6, 6.07) is 0. The van der Waals surface area contributed by atoms with E-state index in [1.165, 1.54) is 0 Å². The molecule has 1 aliphatic rings. The highest BCUT2D eigenvalue weighted by atomic mass is 16.5. The monoisotopic (exact) mass is 214 g/mol. The predicted molar refractivity (Wildman–Crippen MR) is 59.4 cm³/mol. The summed E-state index contributed by atoms with van der Waals surface area (Å²) in [5, 5.41) is 2.90. The number of amides is 1. The highest BCUT2D eigenvalue weighted by Gasteiger charge is 2.31. The Balaban J connectivity index is 2.36. The van der Waals surface area contributed by atoms with E-state index in [0.29, 0.717) is 25.6 Å². The molecule has 1 heterocycles. The van der Waals surface area contributed by atoms with Crippen LogP contribution in [-0.2, 0) is 9.53 Å². The van der Waals surface area contributed by atoms with Gasteiger partial charge >= 0.3 is 0 Å². The van der Waals surface area contributed by atoms with Crippen LogP contribution in [0.3, 0.4) is 0 Å². The Morgan fingerprint density at radius 1 is 1.60 bits per heavy atom. The maximum Gasteiger partial charge on any atom is 0.249 e. The SMILES string of the molecule is CC1CCOC1C(=O)NCC(C)(C)CN. The molecule has 1 saturated heterocycles. The molecule has 0 aliphatic carbocycles. The van der Waals surface area contributed by atoms with Gasteiger partial charge in [0.25, 0.3) is 0 Å². The first-order chi connectivity index (χ1) is 6.96. The maximum atomic E-state index is 11.7. The van der Waals surface area contributed by atoms with Crippen LogP contribution in [0.1, 0.15) is 27.2 Å². The summed E-state index contributed by atoms with van der Waals surface area (Å²) in [5.41, 5.74) is 5.55. The van der Waals surface area contributed by atoms with Gasteiger partial charge in [-0.1, -0.05) is 20.8 Å². The third kappa shape index (κ3) is 3.47. The average Bonchev–Trinajstić information content (AvgIpc) is 2.61. The molecule has 15 heavy (non-hydrogen) atoms. The molecule has 1 amide bonds. The fraction of sp³-hybridized carbons (Fsp3) is 0.909. The number of nitrogens with one attached hydrogen (secondary N) is 1. The molecule has 2 unspecified atom stereocenters. The number of nitrogens with two attached hydrogens (primary N) is 1. The Kier molecular flexibility index (Phi) is 4.11. The first kappa shape index (κ1) is 12.5. The molecule has 1 aliphatic heterocycles. The highest BCUT2D eigenvalue weighted by molar-refractivity contribution is 5.81. The Morgan fingerprint density at radius 2 is 2.27 bits per heavy atom. The molecule has 0 aromatic carbocycles. The van der Waals surface area contributed by atoms with Crippen LogP contribution in [0.2, 0.25) is 0 Å². The van der Waals surface area contributed by atoms with Crippen LogP contribution in [0, 0.1) is 11.3 Å². The topological polar surface area (TPSA) is 64.3 Å². The first-order valence-electron chi connectivity index (χ1n) is 5.56. The van der Waals surface area contributed by atoms with Gasteiger partial charge in [0, 0.05) is 13.2 Å². The Morgan fingerprint density at radius 3 is 2.73 bits per heavy atom. The van der Waals surface area contributed by atoms with E-state index in [-0.39, 0.29) is 17.4 Å². The summed E-state index contributed by atoms with van der Waals surface area (Å²) in [7, 11) is 0. The van der Waals surface area contributed by atoms with E-state index in [1.54, 1.807) is 0 Å². The standard InChI is InChI=1S/C11H22N2O2/c1-8-4-5-15-9(8)10(14)13-7-11(2,3)6-12/h8-9H,4-7,12H2,1-3H3,(H,13,14). The van der Waals surface area contributed by atoms with Gasteiger partial charge < -0.3 is 15.8 Å². The van der Waals surface area contributed by atoms with Crippen molar-refractivity contribution < 1.29 is 9.53 Å². The molecule has 2 atom stereocenters. The van der Waals surface area contributed by atoms with Gasteiger partial charge in [-0.2, -0.15) is 0 Å². The average molecular weight is 214 g/mol. The fourth-order valence-corrected chi connectivity index (χ4v) is 1.53. The number of carbonyl (C=O) groups excluding carboxylic acids is 1. The van der Waals surface area contributed by atoms with Gasteiger partial charge in [0.05, 0.1) is 0 Å². The van der Waals surface area contributed by atoms with Crippen molar-refractivity contribution in [2.75, 3.05) is 19.7 Å². The van der Waals surface area contributed by atoms with Crippen molar-refractivity contribution in [2.24, 2.45) is 17.1 Å². The number of hydrogen-bond donors (Lipinski definition) is 2. The summed E-state index contributed by atoms with van der Waals surface area (Å²) in [5.74, 6) is 0.326. The third-order valence-electron chi connectivity index (χ3n) is 2.94. The van der Waals surface area contributed by atoms with E-state index in [1.807, 2.05) is 20.8 Å². The summed E-state index contributed by atoms with van der Waals surface area (Å²) >= 11 is 0. The van der Waals surface area contributed by atoms with E-state index >= 15 is 0 Å². The zero-order valence-corrected chi connectivity index (χ0v) is 9.88. The summed E-state index contributed by atoms with van der Waals surface area (Å²) in [6.45, 7) is 7.98. The molecular formula is C11H22N2O2. The number of carbonyl (C=O) groups is 1. The van der Waals surface area contributed by atoms with E-state index in [9.17, 15) is 4.79 Å². The summed E-state index contributed by atoms with van der Waals surface area (Å²) in [6.07, 6.45) is 0.705. The fourth-order valence-electron chi connectivity index (χ4n) is 1.53. The van der Waals surface area contributed by atoms with Crippen molar-refractivity contribution in [1.82, 2.24) is 5.32 Å². The normalized spacial score (nSPS) is 26.7. The Hall–Kier alpha value is -0.610. The molecule has 0 saturated carbocycles. The highest BCUT2D eigenvalue weighted by Crippen LogP contribution is 2.20. The smallest absolute Gasteiger partial charge is 0.249 e. The van der Waals surface area contributed by atoms with Crippen LogP contribution < -0.4 is 11.1 Å². The summed E-state index contributed by atoms with van der Waals surface area (Å²) in [4.78, 5) is 11.7. The molecule has 4 heteroatoms. The predicted octanol–water partition coefficient (Wildman–Crippen LogP) is 0.513. The second-order valence-electron chi connectivity index (χ2n) is 5.14. The molecule has 88 valence electrons. The molecule has 0 aromatic rings. The lowest BCUT2D eigenvalue weighted by Gasteiger charge is -2.24. The quantitative estimate of drug-likeness (QED) is 0.717. The van der Waals surface area contributed by atoms with Crippen molar-refractivity contribution >= 4 is 5.91 Å². The minimum absolute atomic E-state index is 0.00141. The number of hydrogen-bond acceptors (Lipinski definition) is 3. The van der Waals surface area contributed by atoms with Gasteiger partial charge in [-0.3, -0.25) is 4.79 Å². The van der Waals surface area contributed by atoms with E-state index in [0.717, 1.165) is 6.42 Å². The van der Waals surface area contributed by atoms with Crippen LogP contribution in [0.25, 0.3) is 0 Å². The molecule has 0 aromatic heterocycles. The number of rotatable bonds is 4. The second kappa shape index (κ2) is 4.94. The van der Waals surface area contributed by atoms with Crippen molar-refractivity contribution in [1.29, 1.82) is 0 Å². The lowest BCUT2D eigenvalue weighted by molar-refractivity contribution is -0.131. The lowest BCUT2D eigenvalue weighted by Crippen LogP contribution is -2.43. The Labute approximate surface area is 91.5 Å². The molecule has 3 N–H and O–H groups in total. The third-order valence-corrected chi connectivity index (χ3v) is 2.94. The van der Waals surface area contributed by atoms with Gasteiger partial charge in [-0.25, -0.2) is 0 Å². The van der Waals surface area contributed by atoms with Crippen LogP contribution in [0.15, 0.2) is 0 Å². The van der Waals surface area contributed by atoms with E-state index < -0.39 is 0 Å². The zero-order chi connectivity index (χ0) is 11.5. The molecule has 1 rings (SSSR count). The van der Waals surface area contributed by atoms with Crippen LogP contribution in [0.5, 0.6) is 0 Å². The van der Waals surface area contributed by atoms with E-state index in [2.05, 4.69) is 5.32 Å². The second-order valence-corrected chi connectivity index (χ2v) is 5.14. The lowest BCUT2D eigenvalue weighted by atomic mass is 9.93. The Bertz CT molecular complexity index is 229. The van der Waals surface area contributed by atoms with Gasteiger partial charge in [0.1, 0.15) is 6.10 Å². The first-order valence-corrected chi connectivity index (χ1v) is 5.56. The van der Waals surface area contributed by atoms with Crippen LogP contribution in [-0.4, -0.2) is 31.7 Å². The maximum absolute atomic E-state index is 11.7. The molecule has 1 fully saturated rings. The van der Waals surface area contributed by atoms with Gasteiger partial charge in [-0.15, -0.1) is 0 Å². The van der Waals surface area contributed by atoms with Gasteiger partial charge in [-0.05, 0) is 24.3 Å². The molecule has 0 bridgehead atoms.